The number of rotatable bonds is 0. The van der Waals surface area contributed by atoms with Gasteiger partial charge in [0.25, 0.3) is 0 Å². The van der Waals surface area contributed by atoms with Crippen molar-refractivity contribution in [1.29, 1.82) is 0 Å². The van der Waals surface area contributed by atoms with E-state index in [1.165, 1.54) is 11.1 Å². The van der Waals surface area contributed by atoms with Crippen LogP contribution in [0.25, 0.3) is 0 Å². The van der Waals surface area contributed by atoms with Crippen LogP contribution in [0.4, 0.5) is 0 Å². The summed E-state index contributed by atoms with van der Waals surface area (Å²) >= 11 is -0.556. The van der Waals surface area contributed by atoms with Crippen molar-refractivity contribution in [1.82, 2.24) is 0 Å². The molecule has 1 aromatic rings. The normalized spacial score (nSPS) is 8.80. The number of hydrogen-bond acceptors (Lipinski definition) is 0. The second kappa shape index (κ2) is 6.76. The van der Waals surface area contributed by atoms with Crippen LogP contribution in [0.2, 0.25) is 0 Å². The van der Waals surface area contributed by atoms with Gasteiger partial charge in [0.05, 0.1) is 0 Å². The molecular formula is C6H8Cl2PTi-. The SMILES string of the molecule is Cc1[c-][pH]cc1C.[Cl][Ti][Cl]. The van der Waals surface area contributed by atoms with Crippen LogP contribution in [-0.2, 0) is 17.0 Å². The molecule has 0 radical (unpaired) electrons. The third-order valence-corrected chi connectivity index (χ3v) is 2.24. The zero-order chi connectivity index (χ0) is 7.98. The van der Waals surface area contributed by atoms with Gasteiger partial charge in [-0.25, -0.2) is 0 Å². The Kier molecular flexibility index (Phi) is 7.49. The summed E-state index contributed by atoms with van der Waals surface area (Å²) < 4.78 is 0. The second-order valence-electron chi connectivity index (χ2n) is 1.79. The predicted molar refractivity (Wildman–Crippen MR) is 46.0 cm³/mol. The van der Waals surface area contributed by atoms with E-state index < -0.39 is 17.0 Å². The molecule has 1 aromatic heterocycles. The summed E-state index contributed by atoms with van der Waals surface area (Å²) in [6, 6.07) is 0. The van der Waals surface area contributed by atoms with E-state index in [2.05, 4.69) is 25.4 Å². The van der Waals surface area contributed by atoms with E-state index >= 15 is 0 Å². The van der Waals surface area contributed by atoms with E-state index in [-0.39, 0.29) is 0 Å². The molecule has 0 saturated heterocycles. The molecule has 0 spiro atoms. The average Bonchev–Trinajstić information content (AvgIpc) is 2.19. The first-order valence-electron chi connectivity index (χ1n) is 2.71. The van der Waals surface area contributed by atoms with Gasteiger partial charge in [0.15, 0.2) is 0 Å². The van der Waals surface area contributed by atoms with Crippen molar-refractivity contribution in [2.24, 2.45) is 0 Å². The monoisotopic (exact) mass is 229 g/mol. The Morgan fingerprint density at radius 2 is 2.00 bits per heavy atom. The zero-order valence-electron chi connectivity index (χ0n) is 5.83. The van der Waals surface area contributed by atoms with Gasteiger partial charge in [0, 0.05) is 0 Å². The standard InChI is InChI=1S/C6H8P.2ClH.Ti/c1-5-3-7-4-6(5)2;;;/h3,7H,1-2H3;2*1H;/q-1;;;+2/p-2. The molecule has 56 valence electrons. The van der Waals surface area contributed by atoms with E-state index in [1.807, 2.05) is 0 Å². The molecule has 0 bridgehead atoms. The van der Waals surface area contributed by atoms with E-state index in [9.17, 15) is 0 Å². The van der Waals surface area contributed by atoms with Crippen molar-refractivity contribution in [3.8, 4) is 0 Å². The van der Waals surface area contributed by atoms with Crippen molar-refractivity contribution in [2.75, 3.05) is 0 Å². The minimum absolute atomic E-state index is 0.556. The van der Waals surface area contributed by atoms with Gasteiger partial charge in [0.2, 0.25) is 0 Å². The van der Waals surface area contributed by atoms with E-state index in [0.29, 0.717) is 0 Å². The third kappa shape index (κ3) is 4.82. The van der Waals surface area contributed by atoms with E-state index in [0.717, 1.165) is 8.19 Å². The Morgan fingerprint density at radius 3 is 2.10 bits per heavy atom. The molecule has 0 aliphatic carbocycles. The molecule has 1 rings (SSSR count). The summed E-state index contributed by atoms with van der Waals surface area (Å²) in [6.45, 7) is 4.23. The van der Waals surface area contributed by atoms with E-state index in [1.54, 1.807) is 0 Å². The molecule has 0 nitrogen and oxygen atoms in total. The zero-order valence-corrected chi connectivity index (χ0v) is 9.91. The number of halogens is 2. The van der Waals surface area contributed by atoms with Gasteiger partial charge in [-0.2, -0.15) is 22.7 Å². The molecule has 0 aliphatic heterocycles. The van der Waals surface area contributed by atoms with Gasteiger partial charge in [-0.1, -0.05) is 13.8 Å². The molecule has 4 heteroatoms. The van der Waals surface area contributed by atoms with Gasteiger partial charge in [-0.05, 0) is 0 Å². The Morgan fingerprint density at radius 1 is 1.50 bits per heavy atom. The Labute approximate surface area is 80.1 Å². The van der Waals surface area contributed by atoms with Gasteiger partial charge in [-0.15, -0.1) is 0 Å². The van der Waals surface area contributed by atoms with Crippen molar-refractivity contribution in [2.45, 2.75) is 13.8 Å². The number of hydrogen-bond donors (Lipinski definition) is 0. The molecule has 0 aromatic carbocycles. The summed E-state index contributed by atoms with van der Waals surface area (Å²) in [6.07, 6.45) is 0. The van der Waals surface area contributed by atoms with Crippen molar-refractivity contribution in [3.05, 3.63) is 22.7 Å². The van der Waals surface area contributed by atoms with Crippen LogP contribution in [0.15, 0.2) is 5.80 Å². The van der Waals surface area contributed by atoms with Crippen LogP contribution in [0.3, 0.4) is 0 Å². The summed E-state index contributed by atoms with van der Waals surface area (Å²) in [5, 5.41) is 0. The van der Waals surface area contributed by atoms with Crippen LogP contribution in [0.5, 0.6) is 0 Å². The van der Waals surface area contributed by atoms with Gasteiger partial charge in [0.1, 0.15) is 0 Å². The topological polar surface area (TPSA) is 0 Å². The fourth-order valence-corrected chi connectivity index (χ4v) is 1.38. The van der Waals surface area contributed by atoms with Gasteiger partial charge >= 0.3 is 35.6 Å². The molecule has 0 fully saturated rings. The average molecular weight is 230 g/mol. The fourth-order valence-electron chi connectivity index (χ4n) is 0.459. The Bertz CT molecular complexity index is 160. The first-order valence-corrected chi connectivity index (χ1v) is 8.08. The maximum absolute atomic E-state index is 4.89. The molecule has 1 unspecified atom stereocenters. The minimum atomic E-state index is -0.556. The summed E-state index contributed by atoms with van der Waals surface area (Å²) in [5.41, 5.74) is 2.73. The fraction of sp³-hybridized carbons (Fsp3) is 0.333. The molecule has 0 N–H and O–H groups in total. The van der Waals surface area contributed by atoms with Crippen molar-refractivity contribution >= 4 is 26.8 Å². The quantitative estimate of drug-likeness (QED) is 0.472. The summed E-state index contributed by atoms with van der Waals surface area (Å²) in [7, 11) is 10.6. The maximum atomic E-state index is 4.89. The third-order valence-electron chi connectivity index (χ3n) is 1.14. The van der Waals surface area contributed by atoms with Crippen molar-refractivity contribution in [3.63, 3.8) is 0 Å². The van der Waals surface area contributed by atoms with Crippen LogP contribution in [0, 0.1) is 19.6 Å². The first-order chi connectivity index (χ1) is 4.72. The molecule has 1 atom stereocenters. The predicted octanol–water partition coefficient (Wildman–Crippen LogP) is 3.51. The van der Waals surface area contributed by atoms with Crippen LogP contribution in [0.1, 0.15) is 11.1 Å². The van der Waals surface area contributed by atoms with Crippen LogP contribution < -0.4 is 0 Å². The van der Waals surface area contributed by atoms with E-state index in [4.69, 9.17) is 18.6 Å². The Hall–Kier alpha value is 1.07. The Balaban J connectivity index is 0.000000236. The molecular weight excluding hydrogens is 222 g/mol. The molecule has 10 heavy (non-hydrogen) atoms. The number of aryl methyl sites for hydroxylation is 2. The summed E-state index contributed by atoms with van der Waals surface area (Å²) in [5.74, 6) is 5.44. The van der Waals surface area contributed by atoms with Gasteiger partial charge in [-0.3, -0.25) is 8.19 Å². The second-order valence-corrected chi connectivity index (χ2v) is 5.20. The first kappa shape index (κ1) is 11.1. The van der Waals surface area contributed by atoms with Crippen LogP contribution >= 0.6 is 26.8 Å². The molecule has 0 aliphatic rings. The molecule has 0 amide bonds. The molecule has 1 heterocycles. The molecule has 0 saturated carbocycles. The summed E-state index contributed by atoms with van der Waals surface area (Å²) in [4.78, 5) is 0. The van der Waals surface area contributed by atoms with Crippen LogP contribution in [-0.4, -0.2) is 0 Å². The van der Waals surface area contributed by atoms with Gasteiger partial charge < -0.3 is 0 Å². The van der Waals surface area contributed by atoms with Crippen molar-refractivity contribution < 1.29 is 17.0 Å².